The van der Waals surface area contributed by atoms with Crippen LogP contribution in [0, 0.1) is 11.8 Å². The van der Waals surface area contributed by atoms with Crippen LogP contribution >= 0.6 is 11.8 Å². The van der Waals surface area contributed by atoms with Crippen molar-refractivity contribution >= 4 is 17.7 Å². The Balaban J connectivity index is 1.38. The molecule has 5 nitrogen and oxygen atoms in total. The second kappa shape index (κ2) is 7.12. The molecule has 2 aliphatic rings. The van der Waals surface area contributed by atoms with Gasteiger partial charge in [0.05, 0.1) is 18.6 Å². The number of thioether (sulfide) groups is 1. The minimum atomic E-state index is 0.119. The van der Waals surface area contributed by atoms with E-state index in [-0.39, 0.29) is 5.91 Å². The number of imidazole rings is 1. The van der Waals surface area contributed by atoms with Crippen LogP contribution in [0.1, 0.15) is 25.7 Å². The molecule has 6 heteroatoms. The minimum Gasteiger partial charge on any atom is -0.497 e. The molecule has 1 aromatic carbocycles. The molecule has 0 aliphatic heterocycles. The number of carbonyl (C=O) groups excluding carboxylic acids is 1. The first kappa shape index (κ1) is 16.5. The third-order valence-corrected chi connectivity index (χ3v) is 5.82. The molecule has 1 heterocycles. The molecule has 0 bridgehead atoms. The lowest BCUT2D eigenvalue weighted by molar-refractivity contribution is -0.119. The summed E-state index contributed by atoms with van der Waals surface area (Å²) >= 11 is 1.48. The predicted octanol–water partition coefficient (Wildman–Crippen LogP) is 3.28. The summed E-state index contributed by atoms with van der Waals surface area (Å²) in [5.41, 5.74) is 0.980. The van der Waals surface area contributed by atoms with Gasteiger partial charge < -0.3 is 10.1 Å². The molecule has 0 unspecified atom stereocenters. The molecule has 4 rings (SSSR count). The van der Waals surface area contributed by atoms with Crippen molar-refractivity contribution in [2.24, 2.45) is 11.8 Å². The van der Waals surface area contributed by atoms with Crippen molar-refractivity contribution in [3.05, 3.63) is 36.7 Å². The van der Waals surface area contributed by atoms with E-state index in [4.69, 9.17) is 4.74 Å². The van der Waals surface area contributed by atoms with E-state index in [1.807, 2.05) is 35.0 Å². The van der Waals surface area contributed by atoms with E-state index >= 15 is 0 Å². The van der Waals surface area contributed by atoms with Gasteiger partial charge in [-0.25, -0.2) is 4.98 Å². The van der Waals surface area contributed by atoms with Gasteiger partial charge >= 0.3 is 0 Å². The lowest BCUT2D eigenvalue weighted by Crippen LogP contribution is -2.39. The Kier molecular flexibility index (Phi) is 4.70. The van der Waals surface area contributed by atoms with E-state index in [1.165, 1.54) is 37.4 Å². The zero-order chi connectivity index (χ0) is 17.2. The highest BCUT2D eigenvalue weighted by atomic mass is 32.2. The molecule has 2 fully saturated rings. The van der Waals surface area contributed by atoms with Crippen molar-refractivity contribution in [3.63, 3.8) is 0 Å². The zero-order valence-corrected chi connectivity index (χ0v) is 15.2. The Labute approximate surface area is 152 Å². The fourth-order valence-corrected chi connectivity index (χ4v) is 4.03. The van der Waals surface area contributed by atoms with E-state index in [0.29, 0.717) is 11.8 Å². The van der Waals surface area contributed by atoms with Crippen molar-refractivity contribution in [2.75, 3.05) is 12.9 Å². The monoisotopic (exact) mass is 357 g/mol. The Morgan fingerprint density at radius 1 is 1.36 bits per heavy atom. The number of carbonyl (C=O) groups is 1. The van der Waals surface area contributed by atoms with Gasteiger partial charge in [-0.05, 0) is 49.7 Å². The average molecular weight is 357 g/mol. The fraction of sp³-hybridized carbons (Fsp3) is 0.474. The maximum Gasteiger partial charge on any atom is 0.230 e. The van der Waals surface area contributed by atoms with Crippen molar-refractivity contribution in [2.45, 2.75) is 36.9 Å². The molecule has 0 spiro atoms. The molecular formula is C19H23N3O2S. The highest BCUT2D eigenvalue weighted by molar-refractivity contribution is 7.99. The number of hydrogen-bond acceptors (Lipinski definition) is 4. The maximum atomic E-state index is 12.4. The first-order valence-electron chi connectivity index (χ1n) is 8.84. The second-order valence-electron chi connectivity index (χ2n) is 6.84. The van der Waals surface area contributed by atoms with E-state index in [0.717, 1.165) is 28.4 Å². The summed E-state index contributed by atoms with van der Waals surface area (Å²) in [5.74, 6) is 2.77. The molecule has 2 aromatic rings. The molecule has 0 saturated heterocycles. The first-order chi connectivity index (χ1) is 12.2. The lowest BCUT2D eigenvalue weighted by Gasteiger charge is -2.17. The van der Waals surface area contributed by atoms with E-state index in [2.05, 4.69) is 10.3 Å². The van der Waals surface area contributed by atoms with Crippen LogP contribution in [-0.4, -0.2) is 34.4 Å². The van der Waals surface area contributed by atoms with Crippen molar-refractivity contribution in [1.82, 2.24) is 14.9 Å². The van der Waals surface area contributed by atoms with Gasteiger partial charge in [-0.1, -0.05) is 17.8 Å². The highest BCUT2D eigenvalue weighted by Gasteiger charge is 2.42. The quantitative estimate of drug-likeness (QED) is 0.737. The summed E-state index contributed by atoms with van der Waals surface area (Å²) in [5, 5.41) is 4.08. The number of nitrogens with zero attached hydrogens (tertiary/aromatic N) is 2. The predicted molar refractivity (Wildman–Crippen MR) is 98.2 cm³/mol. The lowest BCUT2D eigenvalue weighted by atomic mass is 10.1. The van der Waals surface area contributed by atoms with Crippen molar-refractivity contribution in [3.8, 4) is 11.4 Å². The van der Waals surface area contributed by atoms with Crippen LogP contribution in [0.2, 0.25) is 0 Å². The summed E-state index contributed by atoms with van der Waals surface area (Å²) in [7, 11) is 1.66. The normalized spacial score (nSPS) is 16.9. The zero-order valence-electron chi connectivity index (χ0n) is 14.4. The summed E-state index contributed by atoms with van der Waals surface area (Å²) in [6.45, 7) is 0. The Hall–Kier alpha value is -1.95. The average Bonchev–Trinajstić information content (AvgIpc) is 3.56. The van der Waals surface area contributed by atoms with Crippen molar-refractivity contribution < 1.29 is 9.53 Å². The number of rotatable bonds is 8. The maximum absolute atomic E-state index is 12.4. The number of methoxy groups -OCH3 is 1. The van der Waals surface area contributed by atoms with E-state index in [1.54, 1.807) is 13.3 Å². The summed E-state index contributed by atoms with van der Waals surface area (Å²) < 4.78 is 7.27. The molecule has 25 heavy (non-hydrogen) atoms. The van der Waals surface area contributed by atoms with E-state index in [9.17, 15) is 4.79 Å². The van der Waals surface area contributed by atoms with Crippen LogP contribution in [0.5, 0.6) is 5.75 Å². The van der Waals surface area contributed by atoms with Gasteiger partial charge in [0.1, 0.15) is 5.75 Å². The highest BCUT2D eigenvalue weighted by Crippen LogP contribution is 2.44. The van der Waals surface area contributed by atoms with Gasteiger partial charge in [-0.3, -0.25) is 9.36 Å². The van der Waals surface area contributed by atoms with Crippen LogP contribution < -0.4 is 10.1 Å². The Morgan fingerprint density at radius 3 is 2.80 bits per heavy atom. The number of amides is 1. The van der Waals surface area contributed by atoms with Gasteiger partial charge in [0.25, 0.3) is 0 Å². The fourth-order valence-electron chi connectivity index (χ4n) is 3.24. The molecule has 2 saturated carbocycles. The van der Waals surface area contributed by atoms with Crippen LogP contribution in [0.15, 0.2) is 41.8 Å². The third kappa shape index (κ3) is 4.00. The molecule has 1 aromatic heterocycles. The Bertz CT molecular complexity index is 741. The third-order valence-electron chi connectivity index (χ3n) is 4.86. The number of nitrogens with one attached hydrogen (secondary N) is 1. The van der Waals surface area contributed by atoms with Gasteiger partial charge in [0.15, 0.2) is 5.16 Å². The van der Waals surface area contributed by atoms with Crippen LogP contribution in [0.3, 0.4) is 0 Å². The molecule has 0 atom stereocenters. The minimum absolute atomic E-state index is 0.119. The van der Waals surface area contributed by atoms with E-state index < -0.39 is 0 Å². The molecular weight excluding hydrogens is 334 g/mol. The van der Waals surface area contributed by atoms with Crippen LogP contribution in [0.4, 0.5) is 0 Å². The number of benzene rings is 1. The standard InChI is InChI=1S/C19H23N3O2S/c1-24-16-4-2-3-15(11-16)22-10-9-20-19(22)25-12-17(23)21-18(13-5-6-13)14-7-8-14/h2-4,9-11,13-14,18H,5-8,12H2,1H3,(H,21,23). The first-order valence-corrected chi connectivity index (χ1v) is 9.83. The number of ether oxygens (including phenoxy) is 1. The van der Waals surface area contributed by atoms with Gasteiger partial charge in [0.2, 0.25) is 5.91 Å². The largest absolute Gasteiger partial charge is 0.497 e. The number of hydrogen-bond donors (Lipinski definition) is 1. The molecule has 1 N–H and O–H groups in total. The Morgan fingerprint density at radius 2 is 2.12 bits per heavy atom. The van der Waals surface area contributed by atoms with Crippen molar-refractivity contribution in [1.29, 1.82) is 0 Å². The summed E-state index contributed by atoms with van der Waals surface area (Å²) in [4.78, 5) is 16.8. The van der Waals surface area contributed by atoms with Gasteiger partial charge in [-0.15, -0.1) is 0 Å². The molecule has 1 amide bonds. The second-order valence-corrected chi connectivity index (χ2v) is 7.78. The number of aromatic nitrogens is 2. The van der Waals surface area contributed by atoms with Crippen LogP contribution in [0.25, 0.3) is 5.69 Å². The van der Waals surface area contributed by atoms with Gasteiger partial charge in [-0.2, -0.15) is 0 Å². The molecule has 2 aliphatic carbocycles. The topological polar surface area (TPSA) is 56.2 Å². The van der Waals surface area contributed by atoms with Gasteiger partial charge in [0, 0.05) is 24.5 Å². The summed E-state index contributed by atoms with van der Waals surface area (Å²) in [6, 6.07) is 8.24. The molecule has 0 radical (unpaired) electrons. The summed E-state index contributed by atoms with van der Waals surface area (Å²) in [6.07, 6.45) is 8.76. The molecule has 132 valence electrons. The smallest absolute Gasteiger partial charge is 0.230 e. The van der Waals surface area contributed by atoms with Crippen LogP contribution in [-0.2, 0) is 4.79 Å². The SMILES string of the molecule is COc1cccc(-n2ccnc2SCC(=O)NC(C2CC2)C2CC2)c1.